The Kier molecular flexibility index (Phi) is 5.46. The van der Waals surface area contributed by atoms with E-state index in [-0.39, 0.29) is 28.8 Å². The fourth-order valence-electron chi connectivity index (χ4n) is 2.84. The van der Waals surface area contributed by atoms with Crippen molar-refractivity contribution in [3.8, 4) is 0 Å². The highest BCUT2D eigenvalue weighted by molar-refractivity contribution is 7.99. The Balaban J connectivity index is 1.78. The molecule has 2 heterocycles. The standard InChI is InChI=1S/C19H19N3O4S/c1-11-5-3-4-6-14(11)21-17(23)16-9-27-10-22(16)18(24)15-8-7-13(19(25)26)12(2)20-15/h3-8,16H,9-10H2,1-2H3,(H,21,23)(H,25,26). The van der Waals surface area contributed by atoms with Crippen LogP contribution in [0.4, 0.5) is 5.69 Å². The number of para-hydroxylation sites is 1. The van der Waals surface area contributed by atoms with E-state index in [1.807, 2.05) is 31.2 Å². The number of nitrogens with one attached hydrogen (secondary N) is 1. The fraction of sp³-hybridized carbons (Fsp3) is 0.263. The summed E-state index contributed by atoms with van der Waals surface area (Å²) >= 11 is 1.49. The van der Waals surface area contributed by atoms with Crippen molar-refractivity contribution < 1.29 is 19.5 Å². The third-order valence-corrected chi connectivity index (χ3v) is 5.40. The van der Waals surface area contributed by atoms with E-state index in [1.54, 1.807) is 6.92 Å². The number of benzene rings is 1. The van der Waals surface area contributed by atoms with Crippen molar-refractivity contribution in [1.29, 1.82) is 0 Å². The molecule has 140 valence electrons. The van der Waals surface area contributed by atoms with Gasteiger partial charge in [0.1, 0.15) is 11.7 Å². The Morgan fingerprint density at radius 2 is 1.93 bits per heavy atom. The van der Waals surface area contributed by atoms with E-state index in [4.69, 9.17) is 5.11 Å². The Morgan fingerprint density at radius 3 is 2.59 bits per heavy atom. The van der Waals surface area contributed by atoms with Gasteiger partial charge in [-0.25, -0.2) is 9.78 Å². The van der Waals surface area contributed by atoms with E-state index in [9.17, 15) is 14.4 Å². The van der Waals surface area contributed by atoms with Crippen LogP contribution in [0.15, 0.2) is 36.4 Å². The third-order valence-electron chi connectivity index (χ3n) is 4.38. The minimum Gasteiger partial charge on any atom is -0.478 e. The molecule has 7 nitrogen and oxygen atoms in total. The lowest BCUT2D eigenvalue weighted by atomic mass is 10.1. The highest BCUT2D eigenvalue weighted by atomic mass is 32.2. The number of hydrogen-bond donors (Lipinski definition) is 2. The zero-order chi connectivity index (χ0) is 19.6. The van der Waals surface area contributed by atoms with Crippen molar-refractivity contribution in [2.45, 2.75) is 19.9 Å². The number of carboxylic acid groups (broad SMARTS) is 1. The second-order valence-corrected chi connectivity index (χ2v) is 7.23. The van der Waals surface area contributed by atoms with Gasteiger partial charge in [-0.05, 0) is 37.6 Å². The highest BCUT2D eigenvalue weighted by Gasteiger charge is 2.36. The molecule has 1 aliphatic rings. The van der Waals surface area contributed by atoms with Crippen LogP contribution in [-0.2, 0) is 4.79 Å². The number of rotatable bonds is 4. The molecule has 1 saturated heterocycles. The van der Waals surface area contributed by atoms with Gasteiger partial charge in [-0.1, -0.05) is 18.2 Å². The average molecular weight is 385 g/mol. The predicted molar refractivity (Wildman–Crippen MR) is 103 cm³/mol. The van der Waals surface area contributed by atoms with Gasteiger partial charge in [0.15, 0.2) is 0 Å². The first-order valence-corrected chi connectivity index (χ1v) is 9.50. The van der Waals surface area contributed by atoms with Crippen molar-refractivity contribution in [1.82, 2.24) is 9.88 Å². The minimum atomic E-state index is -1.09. The molecule has 1 unspecified atom stereocenters. The summed E-state index contributed by atoms with van der Waals surface area (Å²) in [6, 6.07) is 9.59. The zero-order valence-electron chi connectivity index (χ0n) is 14.9. The van der Waals surface area contributed by atoms with Crippen LogP contribution in [0, 0.1) is 13.8 Å². The minimum absolute atomic E-state index is 0.0520. The molecule has 2 N–H and O–H groups in total. The average Bonchev–Trinajstić information content (AvgIpc) is 3.12. The van der Waals surface area contributed by atoms with Gasteiger partial charge < -0.3 is 15.3 Å². The third kappa shape index (κ3) is 3.95. The van der Waals surface area contributed by atoms with Crippen LogP contribution >= 0.6 is 11.8 Å². The summed E-state index contributed by atoms with van der Waals surface area (Å²) in [5.74, 6) is -0.848. The monoisotopic (exact) mass is 385 g/mol. The lowest BCUT2D eigenvalue weighted by Gasteiger charge is -2.23. The molecule has 8 heteroatoms. The second kappa shape index (κ2) is 7.79. The fourth-order valence-corrected chi connectivity index (χ4v) is 4.00. The molecule has 1 aliphatic heterocycles. The van der Waals surface area contributed by atoms with E-state index in [1.165, 1.54) is 28.8 Å². The Bertz CT molecular complexity index is 916. The smallest absolute Gasteiger partial charge is 0.337 e. The number of anilines is 1. The number of carboxylic acids is 1. The van der Waals surface area contributed by atoms with Crippen LogP contribution in [0.3, 0.4) is 0 Å². The summed E-state index contributed by atoms with van der Waals surface area (Å²) in [5.41, 5.74) is 2.11. The molecule has 1 fully saturated rings. The second-order valence-electron chi connectivity index (χ2n) is 6.23. The Morgan fingerprint density at radius 1 is 1.19 bits per heavy atom. The van der Waals surface area contributed by atoms with Gasteiger partial charge in [-0.2, -0.15) is 0 Å². The molecule has 0 bridgehead atoms. The number of amides is 2. The SMILES string of the molecule is Cc1ccccc1NC(=O)C1CSCN1C(=O)c1ccc(C(=O)O)c(C)n1. The van der Waals surface area contributed by atoms with Crippen LogP contribution in [0.25, 0.3) is 0 Å². The molecule has 2 aromatic rings. The Hall–Kier alpha value is -2.87. The molecule has 0 radical (unpaired) electrons. The molecule has 2 amide bonds. The molecule has 0 spiro atoms. The van der Waals surface area contributed by atoms with E-state index in [0.717, 1.165) is 5.56 Å². The van der Waals surface area contributed by atoms with Gasteiger partial charge in [0, 0.05) is 11.4 Å². The van der Waals surface area contributed by atoms with Crippen LogP contribution in [-0.4, -0.2) is 50.4 Å². The number of carbonyl (C=O) groups is 3. The van der Waals surface area contributed by atoms with Crippen molar-refractivity contribution in [3.05, 3.63) is 58.9 Å². The van der Waals surface area contributed by atoms with Crippen LogP contribution in [0.5, 0.6) is 0 Å². The molecule has 0 aliphatic carbocycles. The highest BCUT2D eigenvalue weighted by Crippen LogP contribution is 2.25. The van der Waals surface area contributed by atoms with Gasteiger partial charge in [0.2, 0.25) is 5.91 Å². The maximum absolute atomic E-state index is 12.8. The van der Waals surface area contributed by atoms with Gasteiger partial charge in [0.25, 0.3) is 5.91 Å². The number of carbonyl (C=O) groups excluding carboxylic acids is 2. The first-order chi connectivity index (χ1) is 12.9. The summed E-state index contributed by atoms with van der Waals surface area (Å²) < 4.78 is 0. The molecule has 1 aromatic carbocycles. The molecule has 27 heavy (non-hydrogen) atoms. The number of pyridine rings is 1. The number of aromatic nitrogens is 1. The van der Waals surface area contributed by atoms with Crippen molar-refractivity contribution in [3.63, 3.8) is 0 Å². The number of thioether (sulfide) groups is 1. The van der Waals surface area contributed by atoms with E-state index >= 15 is 0 Å². The van der Waals surface area contributed by atoms with Crippen molar-refractivity contribution >= 4 is 35.2 Å². The molecule has 1 atom stereocenters. The number of hydrogen-bond acceptors (Lipinski definition) is 5. The van der Waals surface area contributed by atoms with Crippen LogP contribution in [0.2, 0.25) is 0 Å². The largest absolute Gasteiger partial charge is 0.478 e. The quantitative estimate of drug-likeness (QED) is 0.839. The number of nitrogens with zero attached hydrogens (tertiary/aromatic N) is 2. The predicted octanol–water partition coefficient (Wildman–Crippen LogP) is 2.55. The molecule has 1 aromatic heterocycles. The summed E-state index contributed by atoms with van der Waals surface area (Å²) in [6.45, 7) is 3.44. The van der Waals surface area contributed by atoms with Crippen LogP contribution in [0.1, 0.15) is 32.1 Å². The topological polar surface area (TPSA) is 99.6 Å². The Labute approximate surface area is 160 Å². The lowest BCUT2D eigenvalue weighted by molar-refractivity contribution is -0.119. The summed E-state index contributed by atoms with van der Waals surface area (Å²) in [7, 11) is 0. The van der Waals surface area contributed by atoms with E-state index in [0.29, 0.717) is 17.3 Å². The van der Waals surface area contributed by atoms with Gasteiger partial charge in [0.05, 0.1) is 17.1 Å². The molecular weight excluding hydrogens is 366 g/mol. The maximum atomic E-state index is 12.8. The van der Waals surface area contributed by atoms with Crippen molar-refractivity contribution in [2.75, 3.05) is 16.9 Å². The van der Waals surface area contributed by atoms with E-state index < -0.39 is 12.0 Å². The van der Waals surface area contributed by atoms with Gasteiger partial charge in [-0.15, -0.1) is 11.8 Å². The molecule has 3 rings (SSSR count). The number of aromatic carboxylic acids is 1. The maximum Gasteiger partial charge on any atom is 0.337 e. The summed E-state index contributed by atoms with van der Waals surface area (Å²) in [5, 5.41) is 12.0. The summed E-state index contributed by atoms with van der Waals surface area (Å²) in [6.07, 6.45) is 0. The van der Waals surface area contributed by atoms with Crippen LogP contribution < -0.4 is 5.32 Å². The zero-order valence-corrected chi connectivity index (χ0v) is 15.7. The first-order valence-electron chi connectivity index (χ1n) is 8.34. The molecular formula is C19H19N3O4S. The van der Waals surface area contributed by atoms with Gasteiger partial charge in [-0.3, -0.25) is 9.59 Å². The van der Waals surface area contributed by atoms with Gasteiger partial charge >= 0.3 is 5.97 Å². The summed E-state index contributed by atoms with van der Waals surface area (Å²) in [4.78, 5) is 42.2. The van der Waals surface area contributed by atoms with Crippen molar-refractivity contribution in [2.24, 2.45) is 0 Å². The normalized spacial score (nSPS) is 16.2. The first kappa shape index (κ1) is 18.9. The van der Waals surface area contributed by atoms with E-state index in [2.05, 4.69) is 10.3 Å². The molecule has 0 saturated carbocycles. The lowest BCUT2D eigenvalue weighted by Crippen LogP contribution is -2.44. The number of aryl methyl sites for hydroxylation is 2.